The van der Waals surface area contributed by atoms with Gasteiger partial charge in [0.2, 0.25) is 0 Å². The summed E-state index contributed by atoms with van der Waals surface area (Å²) < 4.78 is 13.9. The van der Waals surface area contributed by atoms with Crippen molar-refractivity contribution in [2.75, 3.05) is 18.0 Å². The van der Waals surface area contributed by atoms with Gasteiger partial charge in [0.05, 0.1) is 11.3 Å². The summed E-state index contributed by atoms with van der Waals surface area (Å²) >= 11 is 0. The highest BCUT2D eigenvalue weighted by Gasteiger charge is 2.38. The Bertz CT molecular complexity index is 477. The summed E-state index contributed by atoms with van der Waals surface area (Å²) in [5, 5.41) is 9.16. The van der Waals surface area contributed by atoms with Crippen LogP contribution in [0.1, 0.15) is 29.6 Å². The maximum Gasteiger partial charge on any atom is 0.337 e. The Kier molecular flexibility index (Phi) is 2.73. The number of aromatic carboxylic acids is 1. The van der Waals surface area contributed by atoms with Crippen molar-refractivity contribution >= 4 is 11.7 Å². The smallest absolute Gasteiger partial charge is 0.337 e. The number of hydrogen-bond acceptors (Lipinski definition) is 2. The molecule has 1 saturated heterocycles. The molecule has 3 rings (SSSR count). The highest BCUT2D eigenvalue weighted by atomic mass is 19.1. The molecule has 3 nitrogen and oxygen atoms in total. The predicted octanol–water partition coefficient (Wildman–Crippen LogP) is 2.76. The molecule has 1 heterocycles. The van der Waals surface area contributed by atoms with E-state index in [0.29, 0.717) is 11.8 Å². The zero-order chi connectivity index (χ0) is 12.7. The van der Waals surface area contributed by atoms with E-state index < -0.39 is 11.8 Å². The van der Waals surface area contributed by atoms with Crippen molar-refractivity contribution in [3.05, 3.63) is 29.6 Å². The molecule has 0 spiro atoms. The molecule has 4 heteroatoms. The summed E-state index contributed by atoms with van der Waals surface area (Å²) in [6.07, 6.45) is 3.64. The Morgan fingerprint density at radius 2 is 1.94 bits per heavy atom. The number of anilines is 1. The fourth-order valence-electron chi connectivity index (χ4n) is 3.43. The van der Waals surface area contributed by atoms with Crippen molar-refractivity contribution in [3.8, 4) is 0 Å². The molecule has 2 unspecified atom stereocenters. The van der Waals surface area contributed by atoms with Crippen LogP contribution in [-0.4, -0.2) is 24.2 Å². The predicted molar refractivity (Wildman–Crippen MR) is 66.4 cm³/mol. The van der Waals surface area contributed by atoms with E-state index in [4.69, 9.17) is 5.11 Å². The summed E-state index contributed by atoms with van der Waals surface area (Å²) in [5.41, 5.74) is 0.356. The van der Waals surface area contributed by atoms with Crippen molar-refractivity contribution in [3.63, 3.8) is 0 Å². The third kappa shape index (κ3) is 1.76. The van der Waals surface area contributed by atoms with Crippen molar-refractivity contribution in [2.24, 2.45) is 11.8 Å². The van der Waals surface area contributed by atoms with Gasteiger partial charge in [-0.25, -0.2) is 9.18 Å². The van der Waals surface area contributed by atoms with Crippen LogP contribution in [-0.2, 0) is 0 Å². The molecule has 96 valence electrons. The minimum Gasteiger partial charge on any atom is -0.478 e. The standard InChI is InChI=1S/C14H16FNO2/c15-12-6-2-5-11(14(17)18)13(12)16-7-9-3-1-4-10(9)8-16/h2,5-6,9-10H,1,3-4,7-8H2,(H,17,18). The maximum atomic E-state index is 13.9. The molecular formula is C14H16FNO2. The van der Waals surface area contributed by atoms with Crippen LogP contribution in [0.3, 0.4) is 0 Å². The van der Waals surface area contributed by atoms with E-state index in [2.05, 4.69) is 0 Å². The van der Waals surface area contributed by atoms with E-state index in [1.165, 1.54) is 37.5 Å². The van der Waals surface area contributed by atoms with Crippen LogP contribution in [0.5, 0.6) is 0 Å². The largest absolute Gasteiger partial charge is 0.478 e. The second-order valence-corrected chi connectivity index (χ2v) is 5.30. The molecule has 1 aliphatic carbocycles. The third-order valence-corrected chi connectivity index (χ3v) is 4.26. The van der Waals surface area contributed by atoms with E-state index in [9.17, 15) is 9.18 Å². The summed E-state index contributed by atoms with van der Waals surface area (Å²) in [6, 6.07) is 4.28. The highest BCUT2D eigenvalue weighted by Crippen LogP contribution is 2.41. The van der Waals surface area contributed by atoms with Gasteiger partial charge in [0.15, 0.2) is 0 Å². The van der Waals surface area contributed by atoms with Gasteiger partial charge >= 0.3 is 5.97 Å². The van der Waals surface area contributed by atoms with Gasteiger partial charge in [-0.05, 0) is 36.8 Å². The van der Waals surface area contributed by atoms with Gasteiger partial charge in [0.25, 0.3) is 0 Å². The van der Waals surface area contributed by atoms with E-state index in [1.807, 2.05) is 4.90 Å². The van der Waals surface area contributed by atoms with Crippen LogP contribution in [0.25, 0.3) is 0 Å². The first-order valence-electron chi connectivity index (χ1n) is 6.43. The van der Waals surface area contributed by atoms with Crippen LogP contribution < -0.4 is 4.90 Å². The summed E-state index contributed by atoms with van der Waals surface area (Å²) in [6.45, 7) is 1.59. The van der Waals surface area contributed by atoms with Gasteiger partial charge in [-0.3, -0.25) is 0 Å². The van der Waals surface area contributed by atoms with Gasteiger partial charge in [-0.2, -0.15) is 0 Å². The van der Waals surface area contributed by atoms with Crippen molar-refractivity contribution in [1.29, 1.82) is 0 Å². The number of nitrogens with zero attached hydrogens (tertiary/aromatic N) is 1. The second kappa shape index (κ2) is 4.26. The molecule has 1 N–H and O–H groups in total. The minimum atomic E-state index is -1.05. The van der Waals surface area contributed by atoms with Gasteiger partial charge in [0.1, 0.15) is 5.82 Å². The zero-order valence-electron chi connectivity index (χ0n) is 10.1. The Hall–Kier alpha value is -1.58. The summed E-state index contributed by atoms with van der Waals surface area (Å²) in [5.74, 6) is -0.242. The lowest BCUT2D eigenvalue weighted by Crippen LogP contribution is -2.24. The Labute approximate surface area is 105 Å². The fourth-order valence-corrected chi connectivity index (χ4v) is 3.43. The van der Waals surface area contributed by atoms with Crippen LogP contribution in [0.15, 0.2) is 18.2 Å². The number of fused-ring (bicyclic) bond motifs is 1. The lowest BCUT2D eigenvalue weighted by atomic mass is 10.0. The number of para-hydroxylation sites is 1. The quantitative estimate of drug-likeness (QED) is 0.876. The van der Waals surface area contributed by atoms with Gasteiger partial charge in [-0.15, -0.1) is 0 Å². The Morgan fingerprint density at radius 3 is 2.56 bits per heavy atom. The second-order valence-electron chi connectivity index (χ2n) is 5.30. The first-order chi connectivity index (χ1) is 8.66. The number of hydrogen-bond donors (Lipinski definition) is 1. The molecule has 1 aromatic carbocycles. The molecule has 2 fully saturated rings. The van der Waals surface area contributed by atoms with Gasteiger partial charge < -0.3 is 10.0 Å². The molecule has 0 bridgehead atoms. The third-order valence-electron chi connectivity index (χ3n) is 4.26. The molecule has 0 radical (unpaired) electrons. The minimum absolute atomic E-state index is 0.0787. The van der Waals surface area contributed by atoms with E-state index in [-0.39, 0.29) is 11.3 Å². The van der Waals surface area contributed by atoms with Gasteiger partial charge in [-0.1, -0.05) is 12.5 Å². The molecule has 2 atom stereocenters. The number of rotatable bonds is 2. The van der Waals surface area contributed by atoms with Crippen LogP contribution in [0.4, 0.5) is 10.1 Å². The molecule has 1 aliphatic heterocycles. The lowest BCUT2D eigenvalue weighted by molar-refractivity contribution is 0.0697. The summed E-state index contributed by atoms with van der Waals surface area (Å²) in [4.78, 5) is 13.1. The van der Waals surface area contributed by atoms with Gasteiger partial charge in [0, 0.05) is 13.1 Å². The Morgan fingerprint density at radius 1 is 1.28 bits per heavy atom. The zero-order valence-corrected chi connectivity index (χ0v) is 10.1. The number of carbonyl (C=O) groups is 1. The van der Waals surface area contributed by atoms with Crippen LogP contribution in [0.2, 0.25) is 0 Å². The lowest BCUT2D eigenvalue weighted by Gasteiger charge is -2.22. The first-order valence-corrected chi connectivity index (χ1v) is 6.43. The van der Waals surface area contributed by atoms with Crippen LogP contribution in [0, 0.1) is 17.7 Å². The molecule has 1 aromatic rings. The molecular weight excluding hydrogens is 233 g/mol. The average Bonchev–Trinajstić information content (AvgIpc) is 2.88. The van der Waals surface area contributed by atoms with E-state index in [0.717, 1.165) is 13.1 Å². The van der Waals surface area contributed by atoms with Crippen LogP contribution >= 0.6 is 0 Å². The monoisotopic (exact) mass is 249 g/mol. The summed E-state index contributed by atoms with van der Waals surface area (Å²) in [7, 11) is 0. The number of benzene rings is 1. The molecule has 0 aromatic heterocycles. The topological polar surface area (TPSA) is 40.5 Å². The molecule has 2 aliphatic rings. The average molecular weight is 249 g/mol. The highest BCUT2D eigenvalue weighted by molar-refractivity contribution is 5.94. The molecule has 18 heavy (non-hydrogen) atoms. The fraction of sp³-hybridized carbons (Fsp3) is 0.500. The van der Waals surface area contributed by atoms with E-state index in [1.54, 1.807) is 0 Å². The molecule has 0 amide bonds. The number of carboxylic acids is 1. The number of halogens is 1. The van der Waals surface area contributed by atoms with Crippen molar-refractivity contribution in [2.45, 2.75) is 19.3 Å². The Balaban J connectivity index is 1.95. The SMILES string of the molecule is O=C(O)c1cccc(F)c1N1CC2CCCC2C1. The van der Waals surface area contributed by atoms with E-state index >= 15 is 0 Å². The van der Waals surface area contributed by atoms with Crippen molar-refractivity contribution < 1.29 is 14.3 Å². The molecule has 1 saturated carbocycles. The maximum absolute atomic E-state index is 13.9. The first kappa shape index (κ1) is 11.5. The number of carboxylic acid groups (broad SMARTS) is 1. The van der Waals surface area contributed by atoms with Crippen molar-refractivity contribution in [1.82, 2.24) is 0 Å². The normalized spacial score (nSPS) is 26.4.